The van der Waals surface area contributed by atoms with Gasteiger partial charge < -0.3 is 0 Å². The fraction of sp³-hybridized carbons (Fsp3) is 0.562. The van der Waals surface area contributed by atoms with Crippen LogP contribution in [0.4, 0.5) is 0 Å². The van der Waals surface area contributed by atoms with Gasteiger partial charge in [-0.1, -0.05) is 51.5 Å². The number of carbonyl (C=O) groups is 1. The third kappa shape index (κ3) is 8.40. The molecule has 0 fully saturated rings. The molecule has 0 bridgehead atoms. The highest BCUT2D eigenvalue weighted by atomic mass is 16.2. The molecule has 0 radical (unpaired) electrons. The average molecular weight is 275 g/mol. The van der Waals surface area contributed by atoms with E-state index in [4.69, 9.17) is 0 Å². The quantitative estimate of drug-likeness (QED) is 0.402. The van der Waals surface area contributed by atoms with Crippen molar-refractivity contribution in [1.29, 1.82) is 0 Å². The molecule has 1 amide bonds. The molecule has 0 atom stereocenters. The van der Waals surface area contributed by atoms with E-state index in [0.717, 1.165) is 18.5 Å². The average Bonchev–Trinajstić information content (AvgIpc) is 2.47. The van der Waals surface area contributed by atoms with Crippen LogP contribution in [-0.2, 0) is 4.79 Å². The van der Waals surface area contributed by atoms with Gasteiger partial charge in [-0.25, -0.2) is 5.43 Å². The fourth-order valence-electron chi connectivity index (χ4n) is 1.92. The van der Waals surface area contributed by atoms with E-state index in [1.165, 1.54) is 32.1 Å². The van der Waals surface area contributed by atoms with E-state index in [0.29, 0.717) is 6.42 Å². The molecule has 0 aromatic carbocycles. The van der Waals surface area contributed by atoms with Crippen molar-refractivity contribution in [2.75, 3.05) is 0 Å². The number of amides is 1. The predicted molar refractivity (Wildman–Crippen MR) is 82.6 cm³/mol. The van der Waals surface area contributed by atoms with E-state index in [9.17, 15) is 4.79 Å². The lowest BCUT2D eigenvalue weighted by Crippen LogP contribution is -2.17. The molecule has 0 aliphatic heterocycles. The zero-order chi connectivity index (χ0) is 14.5. The highest BCUT2D eigenvalue weighted by Gasteiger charge is 1.99. The van der Waals surface area contributed by atoms with Gasteiger partial charge in [0, 0.05) is 12.6 Å². The summed E-state index contributed by atoms with van der Waals surface area (Å²) < 4.78 is 0. The minimum Gasteiger partial charge on any atom is -0.273 e. The third-order valence-electron chi connectivity index (χ3n) is 3.08. The first-order valence-electron chi connectivity index (χ1n) is 7.56. The number of aromatic nitrogens is 1. The van der Waals surface area contributed by atoms with Crippen molar-refractivity contribution in [3.8, 4) is 0 Å². The van der Waals surface area contributed by atoms with E-state index in [-0.39, 0.29) is 5.91 Å². The number of hydrogen-bond donors (Lipinski definition) is 1. The predicted octanol–water partition coefficient (Wildman–Crippen LogP) is 3.67. The Balaban J connectivity index is 2.02. The maximum absolute atomic E-state index is 11.5. The summed E-state index contributed by atoms with van der Waals surface area (Å²) >= 11 is 0. The first-order chi connectivity index (χ1) is 9.83. The molecule has 0 spiro atoms. The number of unbranched alkanes of at least 4 members (excludes halogenated alkanes) is 6. The van der Waals surface area contributed by atoms with Crippen molar-refractivity contribution in [3.05, 3.63) is 30.1 Å². The Morgan fingerprint density at radius 1 is 1.20 bits per heavy atom. The summed E-state index contributed by atoms with van der Waals surface area (Å²) in [5, 5.41) is 3.89. The zero-order valence-corrected chi connectivity index (χ0v) is 12.3. The smallest absolute Gasteiger partial charge is 0.240 e. The van der Waals surface area contributed by atoms with Gasteiger partial charge in [-0.15, -0.1) is 0 Å². The minimum atomic E-state index is -0.0225. The molecule has 110 valence electrons. The summed E-state index contributed by atoms with van der Waals surface area (Å²) in [6.45, 7) is 2.22. The summed E-state index contributed by atoms with van der Waals surface area (Å²) in [4.78, 5) is 15.6. The van der Waals surface area contributed by atoms with Crippen LogP contribution in [0.5, 0.6) is 0 Å². The van der Waals surface area contributed by atoms with Crippen molar-refractivity contribution in [2.24, 2.45) is 5.10 Å². The lowest BCUT2D eigenvalue weighted by molar-refractivity contribution is -0.121. The lowest BCUT2D eigenvalue weighted by atomic mass is 10.1. The maximum Gasteiger partial charge on any atom is 0.240 e. The molecule has 1 heterocycles. The van der Waals surface area contributed by atoms with Gasteiger partial charge in [-0.3, -0.25) is 9.78 Å². The van der Waals surface area contributed by atoms with Crippen molar-refractivity contribution in [3.63, 3.8) is 0 Å². The van der Waals surface area contributed by atoms with Gasteiger partial charge in [0.05, 0.1) is 11.9 Å². The monoisotopic (exact) mass is 275 g/mol. The number of rotatable bonds is 10. The lowest BCUT2D eigenvalue weighted by Gasteiger charge is -2.01. The molecule has 1 aromatic rings. The molecule has 0 saturated carbocycles. The fourth-order valence-corrected chi connectivity index (χ4v) is 1.92. The Morgan fingerprint density at radius 3 is 2.65 bits per heavy atom. The Bertz CT molecular complexity index is 390. The van der Waals surface area contributed by atoms with Crippen LogP contribution in [-0.4, -0.2) is 17.1 Å². The molecule has 0 unspecified atom stereocenters. The second kappa shape index (κ2) is 11.1. The van der Waals surface area contributed by atoms with E-state index in [1.807, 2.05) is 18.2 Å². The van der Waals surface area contributed by atoms with Crippen LogP contribution in [0.3, 0.4) is 0 Å². The highest BCUT2D eigenvalue weighted by Crippen LogP contribution is 2.08. The number of hydrogen-bond acceptors (Lipinski definition) is 3. The second-order valence-corrected chi connectivity index (χ2v) is 4.92. The third-order valence-corrected chi connectivity index (χ3v) is 3.08. The molecular formula is C16H25N3O. The first-order valence-corrected chi connectivity index (χ1v) is 7.56. The van der Waals surface area contributed by atoms with E-state index >= 15 is 0 Å². The molecular weight excluding hydrogens is 250 g/mol. The van der Waals surface area contributed by atoms with Crippen molar-refractivity contribution >= 4 is 12.1 Å². The normalized spacial score (nSPS) is 10.8. The Hall–Kier alpha value is -1.71. The van der Waals surface area contributed by atoms with Crippen molar-refractivity contribution in [2.45, 2.75) is 58.3 Å². The SMILES string of the molecule is CCCCCCCCCC(=O)NN=Cc1ccccn1. The standard InChI is InChI=1S/C16H25N3O/c1-2-3-4-5-6-7-8-12-16(20)19-18-14-15-11-9-10-13-17-15/h9-11,13-14H,2-8,12H2,1H3,(H,19,20). The number of nitrogens with one attached hydrogen (secondary N) is 1. The van der Waals surface area contributed by atoms with Gasteiger partial charge >= 0.3 is 0 Å². The van der Waals surface area contributed by atoms with Gasteiger partial charge in [-0.2, -0.15) is 5.10 Å². The van der Waals surface area contributed by atoms with Gasteiger partial charge in [0.2, 0.25) is 5.91 Å². The molecule has 1 N–H and O–H groups in total. The number of carbonyl (C=O) groups excluding carboxylic acids is 1. The van der Waals surface area contributed by atoms with Crippen LogP contribution in [0.1, 0.15) is 64.0 Å². The topological polar surface area (TPSA) is 54.4 Å². The van der Waals surface area contributed by atoms with Crippen LogP contribution < -0.4 is 5.43 Å². The van der Waals surface area contributed by atoms with Crippen LogP contribution >= 0.6 is 0 Å². The van der Waals surface area contributed by atoms with Gasteiger partial charge in [0.25, 0.3) is 0 Å². The summed E-state index contributed by atoms with van der Waals surface area (Å²) in [6, 6.07) is 5.57. The van der Waals surface area contributed by atoms with Gasteiger partial charge in [0.15, 0.2) is 0 Å². The summed E-state index contributed by atoms with van der Waals surface area (Å²) in [5.41, 5.74) is 3.27. The van der Waals surface area contributed by atoms with Crippen LogP contribution in [0.2, 0.25) is 0 Å². The van der Waals surface area contributed by atoms with Crippen LogP contribution in [0.25, 0.3) is 0 Å². The van der Waals surface area contributed by atoms with Crippen molar-refractivity contribution < 1.29 is 4.79 Å². The van der Waals surface area contributed by atoms with Crippen molar-refractivity contribution in [1.82, 2.24) is 10.4 Å². The molecule has 0 aliphatic rings. The molecule has 1 aromatic heterocycles. The Labute approximate surface area is 121 Å². The van der Waals surface area contributed by atoms with Crippen LogP contribution in [0, 0.1) is 0 Å². The zero-order valence-electron chi connectivity index (χ0n) is 12.3. The summed E-state index contributed by atoms with van der Waals surface area (Å²) in [6.07, 6.45) is 12.3. The molecule has 20 heavy (non-hydrogen) atoms. The van der Waals surface area contributed by atoms with E-state index in [2.05, 4.69) is 22.4 Å². The number of nitrogens with zero attached hydrogens (tertiary/aromatic N) is 2. The number of hydrazone groups is 1. The van der Waals surface area contributed by atoms with Gasteiger partial charge in [0.1, 0.15) is 0 Å². The second-order valence-electron chi connectivity index (χ2n) is 4.92. The minimum absolute atomic E-state index is 0.0225. The van der Waals surface area contributed by atoms with E-state index in [1.54, 1.807) is 12.4 Å². The molecule has 0 saturated heterocycles. The molecule has 4 heteroatoms. The Kier molecular flexibility index (Phi) is 9.11. The summed E-state index contributed by atoms with van der Waals surface area (Å²) in [7, 11) is 0. The van der Waals surface area contributed by atoms with Gasteiger partial charge in [-0.05, 0) is 18.6 Å². The number of pyridine rings is 1. The molecule has 4 nitrogen and oxygen atoms in total. The highest BCUT2D eigenvalue weighted by molar-refractivity contribution is 5.80. The molecule has 1 rings (SSSR count). The van der Waals surface area contributed by atoms with Crippen LogP contribution in [0.15, 0.2) is 29.5 Å². The first kappa shape index (κ1) is 16.3. The molecule has 0 aliphatic carbocycles. The largest absolute Gasteiger partial charge is 0.273 e. The van der Waals surface area contributed by atoms with E-state index < -0.39 is 0 Å². The maximum atomic E-state index is 11.5. The summed E-state index contributed by atoms with van der Waals surface area (Å²) in [5.74, 6) is -0.0225. The Morgan fingerprint density at radius 2 is 1.95 bits per heavy atom.